The first-order chi connectivity index (χ1) is 6.39. The van der Waals surface area contributed by atoms with Crippen LogP contribution in [0.15, 0.2) is 0 Å². The van der Waals surface area contributed by atoms with Crippen LogP contribution in [0.3, 0.4) is 0 Å². The Kier molecular flexibility index (Phi) is 3.59. The van der Waals surface area contributed by atoms with Crippen molar-refractivity contribution in [1.82, 2.24) is 5.32 Å². The summed E-state index contributed by atoms with van der Waals surface area (Å²) >= 11 is 0. The number of nitrogens with two attached hydrogens (primary N) is 1. The molecule has 0 heterocycles. The van der Waals surface area contributed by atoms with Gasteiger partial charge in [-0.15, -0.1) is 0 Å². The van der Waals surface area contributed by atoms with Gasteiger partial charge in [0.15, 0.2) is 0 Å². The average molecular weight is 198 g/mol. The van der Waals surface area contributed by atoms with Gasteiger partial charge in [0.2, 0.25) is 0 Å². The smallest absolute Gasteiger partial charge is 0.0309 e. The molecule has 0 saturated heterocycles. The summed E-state index contributed by atoms with van der Waals surface area (Å²) in [5, 5.41) is 3.67. The van der Waals surface area contributed by atoms with E-state index in [0.29, 0.717) is 11.3 Å². The third kappa shape index (κ3) is 2.96. The fourth-order valence-electron chi connectivity index (χ4n) is 2.49. The topological polar surface area (TPSA) is 38.0 Å². The highest BCUT2D eigenvalue weighted by molar-refractivity contribution is 5.00. The van der Waals surface area contributed by atoms with Gasteiger partial charge in [0, 0.05) is 12.1 Å². The van der Waals surface area contributed by atoms with Crippen LogP contribution in [0.4, 0.5) is 0 Å². The highest BCUT2D eigenvalue weighted by Crippen LogP contribution is 2.42. The Hall–Kier alpha value is -0.0800. The van der Waals surface area contributed by atoms with Crippen LogP contribution in [-0.2, 0) is 0 Å². The highest BCUT2D eigenvalue weighted by atomic mass is 15.0. The van der Waals surface area contributed by atoms with Gasteiger partial charge in [-0.05, 0) is 37.1 Å². The molecule has 0 spiro atoms. The zero-order valence-electron chi connectivity index (χ0n) is 10.2. The van der Waals surface area contributed by atoms with Crippen molar-refractivity contribution in [3.63, 3.8) is 0 Å². The van der Waals surface area contributed by atoms with E-state index >= 15 is 0 Å². The van der Waals surface area contributed by atoms with Gasteiger partial charge in [-0.3, -0.25) is 0 Å². The molecule has 0 radical (unpaired) electrons. The second kappa shape index (κ2) is 4.19. The van der Waals surface area contributed by atoms with E-state index in [2.05, 4.69) is 33.0 Å². The molecule has 1 rings (SSSR count). The van der Waals surface area contributed by atoms with Crippen LogP contribution in [0.1, 0.15) is 47.0 Å². The average Bonchev–Trinajstić information content (AvgIpc) is 2.40. The van der Waals surface area contributed by atoms with Gasteiger partial charge in [0.25, 0.3) is 0 Å². The molecule has 14 heavy (non-hydrogen) atoms. The molecule has 1 fully saturated rings. The Morgan fingerprint density at radius 2 is 1.93 bits per heavy atom. The Morgan fingerprint density at radius 3 is 2.29 bits per heavy atom. The van der Waals surface area contributed by atoms with Crippen molar-refractivity contribution >= 4 is 0 Å². The standard InChI is InChI=1S/C12H26N2/c1-10(2)7-14-12(9-13)6-5-11(3,4)8-12/h10,14H,5-9,13H2,1-4H3. The van der Waals surface area contributed by atoms with Crippen molar-refractivity contribution in [3.8, 4) is 0 Å². The molecule has 1 aliphatic rings. The van der Waals surface area contributed by atoms with Crippen molar-refractivity contribution in [2.45, 2.75) is 52.5 Å². The molecule has 84 valence electrons. The van der Waals surface area contributed by atoms with Crippen molar-refractivity contribution in [1.29, 1.82) is 0 Å². The first-order valence-corrected chi connectivity index (χ1v) is 5.84. The fourth-order valence-corrected chi connectivity index (χ4v) is 2.49. The second-order valence-corrected chi connectivity index (χ2v) is 6.10. The van der Waals surface area contributed by atoms with Gasteiger partial charge >= 0.3 is 0 Å². The maximum Gasteiger partial charge on any atom is 0.0309 e. The summed E-state index contributed by atoms with van der Waals surface area (Å²) in [5.41, 5.74) is 6.62. The summed E-state index contributed by atoms with van der Waals surface area (Å²) in [6.45, 7) is 11.1. The maximum absolute atomic E-state index is 5.91. The summed E-state index contributed by atoms with van der Waals surface area (Å²) < 4.78 is 0. The molecular formula is C12H26N2. The molecule has 0 bridgehead atoms. The minimum atomic E-state index is 0.230. The van der Waals surface area contributed by atoms with E-state index in [1.54, 1.807) is 0 Å². The summed E-state index contributed by atoms with van der Waals surface area (Å²) in [4.78, 5) is 0. The number of nitrogens with one attached hydrogen (secondary N) is 1. The van der Waals surface area contributed by atoms with E-state index in [-0.39, 0.29) is 5.54 Å². The molecule has 1 atom stereocenters. The lowest BCUT2D eigenvalue weighted by molar-refractivity contribution is 0.281. The third-order valence-electron chi connectivity index (χ3n) is 3.37. The predicted octanol–water partition coefficient (Wildman–Crippen LogP) is 2.14. The van der Waals surface area contributed by atoms with Crippen LogP contribution in [0.2, 0.25) is 0 Å². The Bertz CT molecular complexity index is 187. The molecule has 1 aliphatic carbocycles. The number of hydrogen-bond donors (Lipinski definition) is 2. The van der Waals surface area contributed by atoms with E-state index in [1.807, 2.05) is 0 Å². The van der Waals surface area contributed by atoms with Crippen LogP contribution in [-0.4, -0.2) is 18.6 Å². The summed E-state index contributed by atoms with van der Waals surface area (Å²) in [5.74, 6) is 0.710. The molecule has 0 aromatic carbocycles. The SMILES string of the molecule is CC(C)CNC1(CN)CCC(C)(C)C1. The molecule has 2 nitrogen and oxygen atoms in total. The molecule has 1 unspecified atom stereocenters. The highest BCUT2D eigenvalue weighted by Gasteiger charge is 2.41. The molecular weight excluding hydrogens is 172 g/mol. The molecule has 0 aliphatic heterocycles. The monoisotopic (exact) mass is 198 g/mol. The third-order valence-corrected chi connectivity index (χ3v) is 3.37. The largest absolute Gasteiger partial charge is 0.329 e. The van der Waals surface area contributed by atoms with Crippen LogP contribution in [0.5, 0.6) is 0 Å². The van der Waals surface area contributed by atoms with E-state index in [4.69, 9.17) is 5.73 Å². The van der Waals surface area contributed by atoms with Crippen molar-refractivity contribution in [2.24, 2.45) is 17.1 Å². The van der Waals surface area contributed by atoms with Crippen LogP contribution in [0, 0.1) is 11.3 Å². The van der Waals surface area contributed by atoms with Gasteiger partial charge in [-0.2, -0.15) is 0 Å². The summed E-state index contributed by atoms with van der Waals surface area (Å²) in [7, 11) is 0. The lowest BCUT2D eigenvalue weighted by Gasteiger charge is -2.31. The van der Waals surface area contributed by atoms with Crippen LogP contribution in [0.25, 0.3) is 0 Å². The molecule has 2 heteroatoms. The molecule has 0 aromatic rings. The first-order valence-electron chi connectivity index (χ1n) is 5.84. The van der Waals surface area contributed by atoms with Gasteiger partial charge < -0.3 is 11.1 Å². The van der Waals surface area contributed by atoms with Gasteiger partial charge in [0.1, 0.15) is 0 Å². The normalized spacial score (nSPS) is 31.3. The minimum absolute atomic E-state index is 0.230. The van der Waals surface area contributed by atoms with E-state index < -0.39 is 0 Å². The van der Waals surface area contributed by atoms with Gasteiger partial charge in [0.05, 0.1) is 0 Å². The van der Waals surface area contributed by atoms with Gasteiger partial charge in [-0.25, -0.2) is 0 Å². The quantitative estimate of drug-likeness (QED) is 0.726. The van der Waals surface area contributed by atoms with Gasteiger partial charge in [-0.1, -0.05) is 27.7 Å². The fraction of sp³-hybridized carbons (Fsp3) is 1.00. The van der Waals surface area contributed by atoms with E-state index in [0.717, 1.165) is 13.1 Å². The summed E-state index contributed by atoms with van der Waals surface area (Å²) in [6, 6.07) is 0. The second-order valence-electron chi connectivity index (χ2n) is 6.10. The lowest BCUT2D eigenvalue weighted by Crippen LogP contribution is -2.50. The Morgan fingerprint density at radius 1 is 1.29 bits per heavy atom. The summed E-state index contributed by atoms with van der Waals surface area (Å²) in [6.07, 6.45) is 3.77. The van der Waals surface area contributed by atoms with Crippen LogP contribution < -0.4 is 11.1 Å². The minimum Gasteiger partial charge on any atom is -0.329 e. The first kappa shape index (κ1) is 12.0. The zero-order valence-corrected chi connectivity index (χ0v) is 10.2. The Balaban J connectivity index is 2.52. The predicted molar refractivity (Wildman–Crippen MR) is 62.3 cm³/mol. The Labute approximate surface area is 88.6 Å². The molecule has 3 N–H and O–H groups in total. The lowest BCUT2D eigenvalue weighted by atomic mass is 9.87. The molecule has 1 saturated carbocycles. The maximum atomic E-state index is 5.91. The number of rotatable bonds is 4. The van der Waals surface area contributed by atoms with E-state index in [1.165, 1.54) is 19.3 Å². The molecule has 0 aromatic heterocycles. The molecule has 0 amide bonds. The van der Waals surface area contributed by atoms with E-state index in [9.17, 15) is 0 Å². The number of hydrogen-bond acceptors (Lipinski definition) is 2. The van der Waals surface area contributed by atoms with Crippen molar-refractivity contribution in [3.05, 3.63) is 0 Å². The zero-order chi connectivity index (χ0) is 10.8. The van der Waals surface area contributed by atoms with Crippen molar-refractivity contribution < 1.29 is 0 Å². The van der Waals surface area contributed by atoms with Crippen molar-refractivity contribution in [2.75, 3.05) is 13.1 Å². The van der Waals surface area contributed by atoms with Crippen LogP contribution >= 0.6 is 0 Å².